The van der Waals surface area contributed by atoms with Gasteiger partial charge < -0.3 is 10.1 Å². The highest BCUT2D eigenvalue weighted by molar-refractivity contribution is 7.89. The molecule has 2 rings (SSSR count). The number of sulfonamides is 1. The monoisotopic (exact) mass is 446 g/mol. The van der Waals surface area contributed by atoms with E-state index in [2.05, 4.69) is 10.0 Å². The van der Waals surface area contributed by atoms with Crippen LogP contribution in [0.1, 0.15) is 60.3 Å². The van der Waals surface area contributed by atoms with Gasteiger partial charge in [-0.1, -0.05) is 42.8 Å². The van der Waals surface area contributed by atoms with E-state index in [4.69, 9.17) is 4.74 Å². The minimum absolute atomic E-state index is 0.0104. The van der Waals surface area contributed by atoms with Crippen molar-refractivity contribution in [2.24, 2.45) is 0 Å². The molecule has 31 heavy (non-hydrogen) atoms. The second-order valence-corrected chi connectivity index (χ2v) is 9.42. The average Bonchev–Trinajstić information content (AvgIpc) is 2.67. The zero-order valence-electron chi connectivity index (χ0n) is 18.6. The predicted octanol–water partition coefficient (Wildman–Crippen LogP) is 3.41. The van der Waals surface area contributed by atoms with Gasteiger partial charge in [0.25, 0.3) is 5.91 Å². The van der Waals surface area contributed by atoms with E-state index < -0.39 is 27.9 Å². The number of hydrogen-bond donors (Lipinski definition) is 2. The van der Waals surface area contributed by atoms with Crippen molar-refractivity contribution in [3.05, 3.63) is 64.7 Å². The van der Waals surface area contributed by atoms with Gasteiger partial charge in [-0.05, 0) is 51.0 Å². The summed E-state index contributed by atoms with van der Waals surface area (Å²) < 4.78 is 32.3. The van der Waals surface area contributed by atoms with Gasteiger partial charge in [0.2, 0.25) is 10.0 Å². The summed E-state index contributed by atoms with van der Waals surface area (Å²) in [5.74, 6) is -0.893. The Labute approximate surface area is 184 Å². The molecule has 0 heterocycles. The molecule has 2 aromatic rings. The molecule has 0 fully saturated rings. The smallest absolute Gasteiger partial charge is 0.308 e. The van der Waals surface area contributed by atoms with Crippen LogP contribution in [0.25, 0.3) is 0 Å². The lowest BCUT2D eigenvalue weighted by Gasteiger charge is -2.20. The Hall–Kier alpha value is -2.71. The topological polar surface area (TPSA) is 102 Å². The summed E-state index contributed by atoms with van der Waals surface area (Å²) in [6, 6.07) is 11.3. The standard InChI is InChI=1S/C23H30N2O5S/c1-6-24-31(28,29)19-12-9-17(5)20(13-19)23(27)25-21(14-22(26)30-15(2)3)18-10-7-16(4)8-11-18/h7-13,15,21,24H,6,14H2,1-5H3,(H,25,27). The van der Waals surface area contributed by atoms with Gasteiger partial charge in [0.05, 0.1) is 23.5 Å². The van der Waals surface area contributed by atoms with E-state index in [1.807, 2.05) is 31.2 Å². The van der Waals surface area contributed by atoms with Gasteiger partial charge in [0.1, 0.15) is 0 Å². The predicted molar refractivity (Wildman–Crippen MR) is 119 cm³/mol. The molecule has 0 aliphatic carbocycles. The molecule has 0 saturated carbocycles. The average molecular weight is 447 g/mol. The highest BCUT2D eigenvalue weighted by Gasteiger charge is 2.23. The lowest BCUT2D eigenvalue weighted by molar-refractivity contribution is -0.147. The zero-order chi connectivity index (χ0) is 23.2. The van der Waals surface area contributed by atoms with E-state index in [-0.39, 0.29) is 29.5 Å². The molecule has 0 aliphatic rings. The molecule has 0 saturated heterocycles. The molecule has 2 N–H and O–H groups in total. The van der Waals surface area contributed by atoms with Crippen molar-refractivity contribution < 1.29 is 22.7 Å². The van der Waals surface area contributed by atoms with Crippen LogP contribution in [0.3, 0.4) is 0 Å². The molecule has 168 valence electrons. The summed E-state index contributed by atoms with van der Waals surface area (Å²) in [6.07, 6.45) is -0.307. The van der Waals surface area contributed by atoms with Crippen LogP contribution in [0.2, 0.25) is 0 Å². The van der Waals surface area contributed by atoms with E-state index in [9.17, 15) is 18.0 Å². The molecule has 0 spiro atoms. The van der Waals surface area contributed by atoms with Crippen molar-refractivity contribution in [3.63, 3.8) is 0 Å². The summed E-state index contributed by atoms with van der Waals surface area (Å²) in [6.45, 7) is 9.12. The minimum atomic E-state index is -3.71. The van der Waals surface area contributed by atoms with Crippen molar-refractivity contribution in [2.45, 2.75) is 58.1 Å². The van der Waals surface area contributed by atoms with Gasteiger partial charge in [-0.15, -0.1) is 0 Å². The minimum Gasteiger partial charge on any atom is -0.463 e. The Bertz CT molecular complexity index is 1030. The number of esters is 1. The summed E-state index contributed by atoms with van der Waals surface area (Å²) in [7, 11) is -3.71. The fourth-order valence-electron chi connectivity index (χ4n) is 3.05. The van der Waals surface area contributed by atoms with Crippen LogP contribution in [0, 0.1) is 13.8 Å². The Morgan fingerprint density at radius 2 is 1.68 bits per heavy atom. The van der Waals surface area contributed by atoms with Crippen molar-refractivity contribution in [1.29, 1.82) is 0 Å². The SMILES string of the molecule is CCNS(=O)(=O)c1ccc(C)c(C(=O)NC(CC(=O)OC(C)C)c2ccc(C)cc2)c1. The molecule has 0 bridgehead atoms. The number of hydrogen-bond acceptors (Lipinski definition) is 5. The summed E-state index contributed by atoms with van der Waals surface area (Å²) in [5, 5.41) is 2.87. The summed E-state index contributed by atoms with van der Waals surface area (Å²) in [5.41, 5.74) is 2.66. The highest BCUT2D eigenvalue weighted by atomic mass is 32.2. The molecule has 1 unspecified atom stereocenters. The van der Waals surface area contributed by atoms with Crippen molar-refractivity contribution >= 4 is 21.9 Å². The number of benzene rings is 2. The molecule has 7 nitrogen and oxygen atoms in total. The van der Waals surface area contributed by atoms with E-state index in [1.54, 1.807) is 33.8 Å². The van der Waals surface area contributed by atoms with E-state index >= 15 is 0 Å². The maximum absolute atomic E-state index is 13.1. The first-order chi connectivity index (χ1) is 14.5. The molecule has 1 amide bonds. The third-order valence-corrected chi connectivity index (χ3v) is 6.16. The highest BCUT2D eigenvalue weighted by Crippen LogP contribution is 2.21. The quantitative estimate of drug-likeness (QED) is 0.575. The Morgan fingerprint density at radius 3 is 2.26 bits per heavy atom. The first-order valence-electron chi connectivity index (χ1n) is 10.2. The molecular weight excluding hydrogens is 416 g/mol. The van der Waals surface area contributed by atoms with Crippen LogP contribution in [0.5, 0.6) is 0 Å². The summed E-state index contributed by atoms with van der Waals surface area (Å²) >= 11 is 0. The fourth-order valence-corrected chi connectivity index (χ4v) is 4.12. The molecule has 0 aromatic heterocycles. The van der Waals surface area contributed by atoms with E-state index in [0.29, 0.717) is 5.56 Å². The molecule has 0 aliphatic heterocycles. The van der Waals surface area contributed by atoms with Gasteiger partial charge in [-0.3, -0.25) is 9.59 Å². The number of amides is 1. The van der Waals surface area contributed by atoms with Crippen molar-refractivity contribution in [1.82, 2.24) is 10.0 Å². The number of carbonyl (C=O) groups excluding carboxylic acids is 2. The van der Waals surface area contributed by atoms with Crippen LogP contribution >= 0.6 is 0 Å². The fraction of sp³-hybridized carbons (Fsp3) is 0.391. The Morgan fingerprint density at radius 1 is 1.03 bits per heavy atom. The van der Waals surface area contributed by atoms with Crippen LogP contribution in [0.4, 0.5) is 0 Å². The van der Waals surface area contributed by atoms with Gasteiger partial charge in [0, 0.05) is 12.1 Å². The van der Waals surface area contributed by atoms with E-state index in [1.165, 1.54) is 12.1 Å². The number of nitrogens with one attached hydrogen (secondary N) is 2. The molecular formula is C23H30N2O5S. The van der Waals surface area contributed by atoms with Gasteiger partial charge in [-0.25, -0.2) is 13.1 Å². The number of ether oxygens (including phenoxy) is 1. The van der Waals surface area contributed by atoms with Crippen LogP contribution < -0.4 is 10.0 Å². The Balaban J connectivity index is 2.34. The molecule has 8 heteroatoms. The van der Waals surface area contributed by atoms with Gasteiger partial charge in [0.15, 0.2) is 0 Å². The number of carbonyl (C=O) groups is 2. The largest absolute Gasteiger partial charge is 0.463 e. The third-order valence-electron chi connectivity index (χ3n) is 4.62. The van der Waals surface area contributed by atoms with Crippen LogP contribution in [-0.2, 0) is 19.6 Å². The van der Waals surface area contributed by atoms with Crippen molar-refractivity contribution in [3.8, 4) is 0 Å². The number of rotatable bonds is 9. The molecule has 0 radical (unpaired) electrons. The van der Waals surface area contributed by atoms with E-state index in [0.717, 1.165) is 11.1 Å². The van der Waals surface area contributed by atoms with Crippen LogP contribution in [0.15, 0.2) is 47.4 Å². The molecule has 1 atom stereocenters. The Kier molecular flexibility index (Phi) is 8.36. The number of aryl methyl sites for hydroxylation is 2. The van der Waals surface area contributed by atoms with Crippen LogP contribution in [-0.4, -0.2) is 32.9 Å². The zero-order valence-corrected chi connectivity index (χ0v) is 19.4. The lowest BCUT2D eigenvalue weighted by Crippen LogP contribution is -2.32. The second kappa shape index (κ2) is 10.5. The third kappa shape index (κ3) is 6.90. The molecule has 2 aromatic carbocycles. The second-order valence-electron chi connectivity index (χ2n) is 7.66. The lowest BCUT2D eigenvalue weighted by atomic mass is 10.0. The maximum Gasteiger partial charge on any atom is 0.308 e. The van der Waals surface area contributed by atoms with Crippen molar-refractivity contribution in [2.75, 3.05) is 6.54 Å². The maximum atomic E-state index is 13.1. The summed E-state index contributed by atoms with van der Waals surface area (Å²) in [4.78, 5) is 25.4. The first kappa shape index (κ1) is 24.6. The normalized spacial score (nSPS) is 12.5. The van der Waals surface area contributed by atoms with Gasteiger partial charge >= 0.3 is 5.97 Å². The first-order valence-corrected chi connectivity index (χ1v) is 11.7. The van der Waals surface area contributed by atoms with Gasteiger partial charge in [-0.2, -0.15) is 0 Å².